The van der Waals surface area contributed by atoms with E-state index in [1.165, 1.54) is 18.4 Å². The second-order valence-corrected chi connectivity index (χ2v) is 8.03. The molecule has 0 radical (unpaired) electrons. The van der Waals surface area contributed by atoms with Gasteiger partial charge in [-0.1, -0.05) is 6.08 Å². The summed E-state index contributed by atoms with van der Waals surface area (Å²) in [6.07, 6.45) is 11.2. The van der Waals surface area contributed by atoms with Crippen LogP contribution in [0, 0.1) is 6.92 Å². The van der Waals surface area contributed by atoms with E-state index < -0.39 is 5.60 Å². The summed E-state index contributed by atoms with van der Waals surface area (Å²) >= 11 is 0. The van der Waals surface area contributed by atoms with Gasteiger partial charge in [0.25, 0.3) is 0 Å². The lowest BCUT2D eigenvalue weighted by atomic mass is 9.98. The summed E-state index contributed by atoms with van der Waals surface area (Å²) in [5.41, 5.74) is 3.45. The second-order valence-electron chi connectivity index (χ2n) is 8.03. The van der Waals surface area contributed by atoms with Crippen LogP contribution in [0.5, 0.6) is 0 Å². The normalized spacial score (nSPS) is 22.4. The molecule has 2 aliphatic rings. The van der Waals surface area contributed by atoms with Crippen molar-refractivity contribution in [1.29, 1.82) is 0 Å². The van der Waals surface area contributed by atoms with Crippen molar-refractivity contribution in [1.82, 2.24) is 25.1 Å². The molecule has 4 rings (SSSR count). The molecule has 2 aromatic rings. The molecule has 26 heavy (non-hydrogen) atoms. The van der Waals surface area contributed by atoms with Gasteiger partial charge < -0.3 is 15.7 Å². The zero-order valence-corrected chi connectivity index (χ0v) is 15.5. The minimum Gasteiger partial charge on any atom is -0.389 e. The predicted octanol–water partition coefficient (Wildman–Crippen LogP) is 2.40. The largest absolute Gasteiger partial charge is 0.389 e. The summed E-state index contributed by atoms with van der Waals surface area (Å²) in [5.74, 6) is 0.570. The van der Waals surface area contributed by atoms with Gasteiger partial charge in [0.2, 0.25) is 5.95 Å². The van der Waals surface area contributed by atoms with Crippen molar-refractivity contribution in [3.8, 4) is 0 Å². The number of hydrogen-bond donors (Lipinski definition) is 3. The van der Waals surface area contributed by atoms with E-state index in [1.807, 2.05) is 12.4 Å². The molecule has 2 aliphatic heterocycles. The van der Waals surface area contributed by atoms with Gasteiger partial charge in [-0.25, -0.2) is 9.97 Å². The van der Waals surface area contributed by atoms with Crippen LogP contribution in [-0.2, 0) is 6.54 Å². The highest BCUT2D eigenvalue weighted by Crippen LogP contribution is 2.32. The van der Waals surface area contributed by atoms with Crippen molar-refractivity contribution < 1.29 is 5.11 Å². The molecule has 0 spiro atoms. The Kier molecular flexibility index (Phi) is 4.28. The minimum atomic E-state index is -0.808. The van der Waals surface area contributed by atoms with Gasteiger partial charge in [-0.3, -0.25) is 4.68 Å². The van der Waals surface area contributed by atoms with Crippen molar-refractivity contribution in [2.24, 2.45) is 0 Å². The van der Waals surface area contributed by atoms with Crippen molar-refractivity contribution in [3.05, 3.63) is 35.9 Å². The van der Waals surface area contributed by atoms with Crippen molar-refractivity contribution in [2.45, 2.75) is 64.3 Å². The fraction of sp³-hybridized carbons (Fsp3) is 0.526. The molecule has 2 bridgehead atoms. The van der Waals surface area contributed by atoms with E-state index in [2.05, 4.69) is 33.7 Å². The Morgan fingerprint density at radius 1 is 1.35 bits per heavy atom. The third kappa shape index (κ3) is 3.78. The average Bonchev–Trinajstić information content (AvgIpc) is 3.13. The van der Waals surface area contributed by atoms with E-state index >= 15 is 0 Å². The quantitative estimate of drug-likeness (QED) is 0.764. The number of rotatable bonds is 5. The highest BCUT2D eigenvalue weighted by molar-refractivity contribution is 5.68. The maximum atomic E-state index is 9.91. The fourth-order valence-electron chi connectivity index (χ4n) is 3.76. The Morgan fingerprint density at radius 3 is 2.96 bits per heavy atom. The van der Waals surface area contributed by atoms with E-state index in [0.717, 1.165) is 23.4 Å². The van der Waals surface area contributed by atoms with Crippen molar-refractivity contribution in [3.63, 3.8) is 0 Å². The zero-order chi connectivity index (χ0) is 18.3. The minimum absolute atomic E-state index is 0.428. The van der Waals surface area contributed by atoms with Crippen LogP contribution >= 0.6 is 0 Å². The van der Waals surface area contributed by atoms with Crippen LogP contribution in [0.2, 0.25) is 0 Å². The Hall–Kier alpha value is -2.25. The lowest BCUT2D eigenvalue weighted by Gasteiger charge is -2.22. The van der Waals surface area contributed by atoms with Crippen LogP contribution < -0.4 is 10.6 Å². The van der Waals surface area contributed by atoms with E-state index in [-0.39, 0.29) is 0 Å². The Bertz CT molecular complexity index is 835. The SMILES string of the molecule is Cc1cnc(Nc2cnn(CC(C)(C)O)c2)nc1C1=CC2CCC(C1)N2. The third-order valence-corrected chi connectivity index (χ3v) is 4.86. The van der Waals surface area contributed by atoms with Crippen molar-refractivity contribution >= 4 is 17.2 Å². The highest BCUT2D eigenvalue weighted by atomic mass is 16.3. The van der Waals surface area contributed by atoms with Crippen LogP contribution in [0.4, 0.5) is 11.6 Å². The van der Waals surface area contributed by atoms with E-state index in [0.29, 0.717) is 24.6 Å². The Labute approximate surface area is 153 Å². The lowest BCUT2D eigenvalue weighted by molar-refractivity contribution is 0.0578. The molecule has 4 heterocycles. The van der Waals surface area contributed by atoms with E-state index in [9.17, 15) is 5.11 Å². The first-order valence-corrected chi connectivity index (χ1v) is 9.18. The first kappa shape index (κ1) is 17.2. The van der Waals surface area contributed by atoms with Gasteiger partial charge in [0.1, 0.15) is 0 Å². The van der Waals surface area contributed by atoms with E-state index in [4.69, 9.17) is 4.98 Å². The van der Waals surface area contributed by atoms with E-state index in [1.54, 1.807) is 24.7 Å². The van der Waals surface area contributed by atoms with Crippen LogP contribution in [0.15, 0.2) is 24.7 Å². The van der Waals surface area contributed by atoms with Crippen molar-refractivity contribution in [2.75, 3.05) is 5.32 Å². The number of fused-ring (bicyclic) bond motifs is 2. The molecular weight excluding hydrogens is 328 g/mol. The number of hydrogen-bond acceptors (Lipinski definition) is 6. The molecule has 1 fully saturated rings. The average molecular weight is 354 g/mol. The third-order valence-electron chi connectivity index (χ3n) is 4.86. The lowest BCUT2D eigenvalue weighted by Crippen LogP contribution is -2.32. The molecule has 1 saturated heterocycles. The number of nitrogens with zero attached hydrogens (tertiary/aromatic N) is 4. The molecule has 0 aliphatic carbocycles. The van der Waals surface area contributed by atoms with Gasteiger partial charge in [0.15, 0.2) is 0 Å². The number of aryl methyl sites for hydroxylation is 1. The molecule has 2 atom stereocenters. The summed E-state index contributed by atoms with van der Waals surface area (Å²) in [6.45, 7) is 6.01. The van der Waals surface area contributed by atoms with Gasteiger partial charge >= 0.3 is 0 Å². The summed E-state index contributed by atoms with van der Waals surface area (Å²) in [7, 11) is 0. The van der Waals surface area contributed by atoms with Gasteiger partial charge in [0.05, 0.1) is 29.7 Å². The molecule has 138 valence electrons. The van der Waals surface area contributed by atoms with Crippen LogP contribution in [0.1, 0.15) is 44.4 Å². The van der Waals surface area contributed by atoms with Gasteiger partial charge in [-0.2, -0.15) is 5.10 Å². The topological polar surface area (TPSA) is 87.9 Å². The smallest absolute Gasteiger partial charge is 0.227 e. The molecule has 3 N–H and O–H groups in total. The Balaban J connectivity index is 1.53. The maximum absolute atomic E-state index is 9.91. The summed E-state index contributed by atoms with van der Waals surface area (Å²) in [6, 6.07) is 1.06. The molecule has 7 heteroatoms. The standard InChI is InChI=1S/C19H26N6O/c1-12-8-20-18(23-16-9-21-25(10-16)11-19(2,3)26)24-17(12)13-6-14-4-5-15(7-13)22-14/h6,8-10,14-15,22,26H,4-5,7,11H2,1-3H3,(H,20,23,24). The number of nitrogens with one attached hydrogen (secondary N) is 2. The highest BCUT2D eigenvalue weighted by Gasteiger charge is 2.29. The summed E-state index contributed by atoms with van der Waals surface area (Å²) in [4.78, 5) is 9.18. The summed E-state index contributed by atoms with van der Waals surface area (Å²) in [5, 5.41) is 21.0. The summed E-state index contributed by atoms with van der Waals surface area (Å²) < 4.78 is 1.71. The zero-order valence-electron chi connectivity index (χ0n) is 15.5. The van der Waals surface area contributed by atoms with Gasteiger partial charge in [-0.05, 0) is 51.2 Å². The Morgan fingerprint density at radius 2 is 2.19 bits per heavy atom. The molecule has 0 aromatic carbocycles. The first-order chi connectivity index (χ1) is 12.4. The molecule has 2 unspecified atom stereocenters. The van der Waals surface area contributed by atoms with Crippen LogP contribution in [-0.4, -0.2) is 42.5 Å². The predicted molar refractivity (Wildman–Crippen MR) is 101 cm³/mol. The molecule has 7 nitrogen and oxygen atoms in total. The maximum Gasteiger partial charge on any atom is 0.227 e. The molecule has 0 saturated carbocycles. The number of aliphatic hydroxyl groups is 1. The number of anilines is 2. The number of aromatic nitrogens is 4. The van der Waals surface area contributed by atoms with Crippen LogP contribution in [0.25, 0.3) is 5.57 Å². The molecular formula is C19H26N6O. The molecule has 2 aromatic heterocycles. The van der Waals surface area contributed by atoms with Crippen LogP contribution in [0.3, 0.4) is 0 Å². The second kappa shape index (κ2) is 6.48. The van der Waals surface area contributed by atoms with Gasteiger partial charge in [0, 0.05) is 24.5 Å². The first-order valence-electron chi connectivity index (χ1n) is 9.18. The fourth-order valence-corrected chi connectivity index (χ4v) is 3.76. The monoisotopic (exact) mass is 354 g/mol. The molecule has 0 amide bonds. The van der Waals surface area contributed by atoms with Gasteiger partial charge in [-0.15, -0.1) is 0 Å².